The Bertz CT molecular complexity index is 521. The molecule has 1 saturated heterocycles. The Morgan fingerprint density at radius 3 is 2.80 bits per heavy atom. The van der Waals surface area contributed by atoms with Gasteiger partial charge in [-0.3, -0.25) is 4.90 Å². The first kappa shape index (κ1) is 14.6. The van der Waals surface area contributed by atoms with Crippen LogP contribution in [0.15, 0.2) is 23.9 Å². The van der Waals surface area contributed by atoms with Crippen LogP contribution in [-0.2, 0) is 4.74 Å². The summed E-state index contributed by atoms with van der Waals surface area (Å²) in [5.41, 5.74) is -0.0589. The number of amides is 1. The van der Waals surface area contributed by atoms with Gasteiger partial charge in [-0.15, -0.1) is 0 Å². The lowest BCUT2D eigenvalue weighted by Gasteiger charge is -2.34. The molecule has 1 amide bonds. The van der Waals surface area contributed by atoms with Crippen LogP contribution in [0.1, 0.15) is 26.7 Å². The molecule has 110 valence electrons. The van der Waals surface area contributed by atoms with Crippen molar-refractivity contribution in [3.05, 3.63) is 23.9 Å². The molecule has 2 aliphatic carbocycles. The van der Waals surface area contributed by atoms with Gasteiger partial charge < -0.3 is 4.74 Å². The summed E-state index contributed by atoms with van der Waals surface area (Å²) in [5.74, 6) is 0.508. The minimum Gasteiger partial charge on any atom is -0.439 e. The van der Waals surface area contributed by atoms with Crippen LogP contribution >= 0.6 is 34.8 Å². The summed E-state index contributed by atoms with van der Waals surface area (Å²) in [6, 6.07) is 0. The van der Waals surface area contributed by atoms with Gasteiger partial charge in [-0.1, -0.05) is 53.0 Å². The van der Waals surface area contributed by atoms with E-state index < -0.39 is 15.5 Å². The molecule has 1 spiro atoms. The number of allylic oxidation sites excluding steroid dienone is 3. The van der Waals surface area contributed by atoms with Gasteiger partial charge in [-0.2, -0.15) is 0 Å². The van der Waals surface area contributed by atoms with Gasteiger partial charge in [-0.05, 0) is 32.6 Å². The Balaban J connectivity index is 1.76. The Kier molecular flexibility index (Phi) is 3.14. The Morgan fingerprint density at radius 2 is 2.15 bits per heavy atom. The minimum atomic E-state index is -1.66. The van der Waals surface area contributed by atoms with E-state index in [1.54, 1.807) is 18.7 Å². The fourth-order valence-corrected chi connectivity index (χ4v) is 3.13. The van der Waals surface area contributed by atoms with Crippen LogP contribution in [0.2, 0.25) is 0 Å². The molecule has 3 rings (SSSR count). The van der Waals surface area contributed by atoms with Crippen molar-refractivity contribution in [3.63, 3.8) is 0 Å². The second kappa shape index (κ2) is 4.31. The van der Waals surface area contributed by atoms with Gasteiger partial charge in [-0.25, -0.2) is 4.79 Å². The molecule has 0 radical (unpaired) electrons. The second-order valence-electron chi connectivity index (χ2n) is 6.16. The first-order valence-corrected chi connectivity index (χ1v) is 7.76. The Morgan fingerprint density at radius 1 is 1.45 bits per heavy atom. The lowest BCUT2D eigenvalue weighted by Crippen LogP contribution is -2.45. The minimum absolute atomic E-state index is 0.0708. The van der Waals surface area contributed by atoms with E-state index in [0.717, 1.165) is 18.5 Å². The number of alkyl halides is 3. The van der Waals surface area contributed by atoms with Crippen molar-refractivity contribution in [1.82, 2.24) is 4.90 Å². The third-order valence-corrected chi connectivity index (χ3v) is 5.80. The average molecular weight is 337 g/mol. The predicted molar refractivity (Wildman–Crippen MR) is 79.9 cm³/mol. The molecule has 2 fully saturated rings. The molecule has 0 aromatic carbocycles. The van der Waals surface area contributed by atoms with E-state index in [2.05, 4.69) is 18.2 Å². The smallest absolute Gasteiger partial charge is 0.414 e. The normalized spacial score (nSPS) is 31.6. The fourth-order valence-electron chi connectivity index (χ4n) is 3.01. The number of rotatable bonds is 1. The van der Waals surface area contributed by atoms with Crippen molar-refractivity contribution in [2.45, 2.75) is 36.1 Å². The first-order valence-electron chi connectivity index (χ1n) is 6.63. The molecule has 6 heteroatoms. The Hall–Kier alpha value is -0.380. The maximum Gasteiger partial charge on any atom is 0.414 e. The molecule has 0 bridgehead atoms. The highest BCUT2D eigenvalue weighted by molar-refractivity contribution is 6.68. The van der Waals surface area contributed by atoms with E-state index in [-0.39, 0.29) is 5.41 Å². The van der Waals surface area contributed by atoms with Crippen LogP contribution < -0.4 is 0 Å². The number of hydrogen-bond donors (Lipinski definition) is 0. The monoisotopic (exact) mass is 335 g/mol. The van der Waals surface area contributed by atoms with E-state index in [4.69, 9.17) is 39.5 Å². The molecule has 0 N–H and O–H groups in total. The van der Waals surface area contributed by atoms with Crippen molar-refractivity contribution >= 4 is 40.9 Å². The standard InChI is InChI=1S/C14H16Cl3NO2/c1-12(2,14(15,16)17)20-11(19)18-8-9-7-13(9)6-4-3-5-10(13)18/h4-6,9H,3,7-8H2,1-2H3. The predicted octanol–water partition coefficient (Wildman–Crippen LogP) is 4.44. The van der Waals surface area contributed by atoms with Crippen molar-refractivity contribution in [2.24, 2.45) is 11.3 Å². The number of hydrogen-bond acceptors (Lipinski definition) is 2. The van der Waals surface area contributed by atoms with Crippen molar-refractivity contribution in [3.8, 4) is 0 Å². The average Bonchev–Trinajstić information content (AvgIpc) is 2.89. The molecule has 3 aliphatic rings. The van der Waals surface area contributed by atoms with E-state index >= 15 is 0 Å². The number of ether oxygens (including phenoxy) is 1. The lowest BCUT2D eigenvalue weighted by molar-refractivity contribution is 0.0224. The zero-order valence-corrected chi connectivity index (χ0v) is 13.6. The summed E-state index contributed by atoms with van der Waals surface area (Å²) in [6.45, 7) is 3.88. The number of carbonyl (C=O) groups is 1. The molecule has 1 heterocycles. The zero-order valence-electron chi connectivity index (χ0n) is 11.3. The van der Waals surface area contributed by atoms with Crippen molar-refractivity contribution in [2.75, 3.05) is 6.54 Å². The number of piperidine rings is 1. The molecule has 2 atom stereocenters. The highest BCUT2D eigenvalue weighted by atomic mass is 35.6. The first-order chi connectivity index (χ1) is 9.17. The quantitative estimate of drug-likeness (QED) is 0.523. The van der Waals surface area contributed by atoms with Crippen LogP contribution in [0.3, 0.4) is 0 Å². The fraction of sp³-hybridized carbons (Fsp3) is 0.643. The Labute approximate surface area is 133 Å². The highest BCUT2D eigenvalue weighted by Crippen LogP contribution is 2.66. The van der Waals surface area contributed by atoms with E-state index in [0.29, 0.717) is 12.5 Å². The molecule has 1 aliphatic heterocycles. The summed E-state index contributed by atoms with van der Waals surface area (Å²) >= 11 is 17.6. The highest BCUT2D eigenvalue weighted by Gasteiger charge is 2.63. The van der Waals surface area contributed by atoms with Gasteiger partial charge in [0, 0.05) is 17.7 Å². The molecule has 20 heavy (non-hydrogen) atoms. The molecular formula is C14H16Cl3NO2. The lowest BCUT2D eigenvalue weighted by atomic mass is 9.96. The third-order valence-electron chi connectivity index (χ3n) is 4.43. The summed E-state index contributed by atoms with van der Waals surface area (Å²) in [6.07, 6.45) is 8.00. The van der Waals surface area contributed by atoms with Crippen LogP contribution in [0.25, 0.3) is 0 Å². The van der Waals surface area contributed by atoms with Crippen LogP contribution in [0.5, 0.6) is 0 Å². The van der Waals surface area contributed by atoms with Gasteiger partial charge in [0.2, 0.25) is 3.79 Å². The number of nitrogens with zero attached hydrogens (tertiary/aromatic N) is 1. The maximum absolute atomic E-state index is 12.4. The van der Waals surface area contributed by atoms with Gasteiger partial charge in [0.15, 0.2) is 5.60 Å². The molecular weight excluding hydrogens is 321 g/mol. The van der Waals surface area contributed by atoms with Crippen LogP contribution in [0.4, 0.5) is 4.79 Å². The molecule has 2 unspecified atom stereocenters. The van der Waals surface area contributed by atoms with Gasteiger partial charge in [0.1, 0.15) is 0 Å². The molecule has 0 aromatic heterocycles. The van der Waals surface area contributed by atoms with E-state index in [9.17, 15) is 4.79 Å². The van der Waals surface area contributed by atoms with Crippen molar-refractivity contribution < 1.29 is 9.53 Å². The van der Waals surface area contributed by atoms with E-state index in [1.807, 2.05) is 0 Å². The summed E-state index contributed by atoms with van der Waals surface area (Å²) in [5, 5.41) is 0. The number of carbonyl (C=O) groups excluding carboxylic acids is 1. The van der Waals surface area contributed by atoms with Crippen molar-refractivity contribution in [1.29, 1.82) is 0 Å². The maximum atomic E-state index is 12.4. The van der Waals surface area contributed by atoms with Gasteiger partial charge >= 0.3 is 6.09 Å². The molecule has 1 saturated carbocycles. The summed E-state index contributed by atoms with van der Waals surface area (Å²) in [7, 11) is 0. The molecule has 3 nitrogen and oxygen atoms in total. The number of halogens is 3. The van der Waals surface area contributed by atoms with Gasteiger partial charge in [0.25, 0.3) is 0 Å². The number of likely N-dealkylation sites (tertiary alicyclic amines) is 1. The van der Waals surface area contributed by atoms with Gasteiger partial charge in [0.05, 0.1) is 0 Å². The van der Waals surface area contributed by atoms with E-state index in [1.165, 1.54) is 0 Å². The largest absolute Gasteiger partial charge is 0.439 e. The molecule has 0 aromatic rings. The SMILES string of the molecule is CC(C)(OC(=O)N1CC2CC23C=CCC=C13)C(Cl)(Cl)Cl. The zero-order chi connectivity index (χ0) is 14.8. The van der Waals surface area contributed by atoms with Crippen LogP contribution in [-0.4, -0.2) is 26.9 Å². The second-order valence-corrected chi connectivity index (χ2v) is 8.44. The summed E-state index contributed by atoms with van der Waals surface area (Å²) in [4.78, 5) is 14.1. The third kappa shape index (κ3) is 2.06. The summed E-state index contributed by atoms with van der Waals surface area (Å²) < 4.78 is 3.76. The topological polar surface area (TPSA) is 29.5 Å². The van der Waals surface area contributed by atoms with Crippen LogP contribution in [0, 0.1) is 11.3 Å².